The standard InChI is InChI=1S/C54H99NO5/c1-4-7-10-13-16-19-22-24-25-26-27-29-31-34-37-40-43-46-52(57)51(49-56)55-53(58)48-50(45-42-39-36-33-30-21-18-15-12-9-6-3)60-54(59)47-44-41-38-35-32-28-23-20-17-14-11-8-5-2/h8,11,14,17,20,23,28,32,50-52,56-57H,4-7,9-10,12-13,15-16,18-19,21-22,24-27,29-31,33-49H2,1-3H3,(H,55,58)/b11-8+,17-14+,23-20-,32-28-. The molecule has 0 saturated heterocycles. The van der Waals surface area contributed by atoms with Crippen LogP contribution in [-0.2, 0) is 14.3 Å². The Morgan fingerprint density at radius 3 is 1.35 bits per heavy atom. The van der Waals surface area contributed by atoms with Crippen LogP contribution in [0.2, 0.25) is 0 Å². The molecule has 0 aromatic carbocycles. The van der Waals surface area contributed by atoms with Crippen molar-refractivity contribution in [1.29, 1.82) is 0 Å². The second-order valence-electron chi connectivity index (χ2n) is 17.6. The van der Waals surface area contributed by atoms with E-state index in [2.05, 4.69) is 50.4 Å². The first kappa shape index (κ1) is 57.8. The van der Waals surface area contributed by atoms with E-state index in [1.54, 1.807) is 0 Å². The maximum Gasteiger partial charge on any atom is 0.306 e. The third-order valence-electron chi connectivity index (χ3n) is 11.8. The number of nitrogens with one attached hydrogen (secondary N) is 1. The quantitative estimate of drug-likeness (QED) is 0.0322. The Morgan fingerprint density at radius 1 is 0.500 bits per heavy atom. The molecule has 0 aromatic rings. The first-order valence-electron chi connectivity index (χ1n) is 25.9. The first-order valence-corrected chi connectivity index (χ1v) is 25.9. The largest absolute Gasteiger partial charge is 0.462 e. The highest BCUT2D eigenvalue weighted by atomic mass is 16.5. The van der Waals surface area contributed by atoms with Gasteiger partial charge >= 0.3 is 5.97 Å². The Kier molecular flexibility index (Phi) is 46.1. The molecule has 0 rings (SSSR count). The summed E-state index contributed by atoms with van der Waals surface area (Å²) >= 11 is 0. The van der Waals surface area contributed by atoms with Crippen molar-refractivity contribution in [2.45, 2.75) is 277 Å². The monoisotopic (exact) mass is 842 g/mol. The summed E-state index contributed by atoms with van der Waals surface area (Å²) in [5.74, 6) is -0.513. The van der Waals surface area contributed by atoms with E-state index in [4.69, 9.17) is 4.74 Å². The van der Waals surface area contributed by atoms with E-state index in [0.29, 0.717) is 19.3 Å². The van der Waals surface area contributed by atoms with Crippen molar-refractivity contribution in [2.24, 2.45) is 0 Å². The first-order chi connectivity index (χ1) is 29.5. The van der Waals surface area contributed by atoms with Crippen LogP contribution >= 0.6 is 0 Å². The van der Waals surface area contributed by atoms with Gasteiger partial charge in [0.25, 0.3) is 0 Å². The molecule has 3 atom stereocenters. The van der Waals surface area contributed by atoms with E-state index in [1.165, 1.54) is 141 Å². The van der Waals surface area contributed by atoms with Crippen LogP contribution in [0.25, 0.3) is 0 Å². The predicted molar refractivity (Wildman–Crippen MR) is 259 cm³/mol. The molecule has 3 N–H and O–H groups in total. The number of aliphatic hydroxyl groups excluding tert-OH is 2. The fraction of sp³-hybridized carbons (Fsp3) is 0.815. The zero-order valence-electron chi connectivity index (χ0n) is 39.8. The van der Waals surface area contributed by atoms with Gasteiger partial charge < -0.3 is 20.3 Å². The summed E-state index contributed by atoms with van der Waals surface area (Å²) in [5, 5.41) is 23.8. The Morgan fingerprint density at radius 2 is 0.900 bits per heavy atom. The summed E-state index contributed by atoms with van der Waals surface area (Å²) in [4.78, 5) is 26.1. The third-order valence-corrected chi connectivity index (χ3v) is 11.8. The number of ether oxygens (including phenoxy) is 1. The molecular formula is C54H99NO5. The average Bonchev–Trinajstić information content (AvgIpc) is 3.24. The molecule has 0 fully saturated rings. The van der Waals surface area contributed by atoms with Gasteiger partial charge in [-0.1, -0.05) is 249 Å². The zero-order chi connectivity index (χ0) is 43.8. The summed E-state index contributed by atoms with van der Waals surface area (Å²) in [6.45, 7) is 6.34. The highest BCUT2D eigenvalue weighted by Crippen LogP contribution is 2.18. The van der Waals surface area contributed by atoms with Crippen molar-refractivity contribution in [3.05, 3.63) is 48.6 Å². The fourth-order valence-electron chi connectivity index (χ4n) is 7.85. The molecule has 0 spiro atoms. The number of unbranched alkanes of at least 4 members (excludes halogenated alkanes) is 29. The van der Waals surface area contributed by atoms with Gasteiger partial charge in [-0.25, -0.2) is 0 Å². The molecule has 350 valence electrons. The molecule has 3 unspecified atom stereocenters. The zero-order valence-corrected chi connectivity index (χ0v) is 39.8. The Bertz CT molecular complexity index is 1040. The number of rotatable bonds is 46. The number of allylic oxidation sites excluding steroid dienone is 8. The minimum atomic E-state index is -0.793. The van der Waals surface area contributed by atoms with Crippen molar-refractivity contribution in [1.82, 2.24) is 5.32 Å². The number of hydrogen-bond donors (Lipinski definition) is 3. The molecule has 0 radical (unpaired) electrons. The number of carbonyl (C=O) groups is 2. The molecule has 0 aliphatic heterocycles. The summed E-state index contributed by atoms with van der Waals surface area (Å²) in [7, 11) is 0. The summed E-state index contributed by atoms with van der Waals surface area (Å²) < 4.78 is 5.90. The summed E-state index contributed by atoms with van der Waals surface area (Å²) in [6.07, 6.45) is 57.4. The molecule has 0 aromatic heterocycles. The average molecular weight is 842 g/mol. The van der Waals surface area contributed by atoms with E-state index in [9.17, 15) is 19.8 Å². The van der Waals surface area contributed by atoms with Crippen LogP contribution in [0.1, 0.15) is 258 Å². The van der Waals surface area contributed by atoms with E-state index in [1.807, 2.05) is 24.3 Å². The third kappa shape index (κ3) is 42.5. The van der Waals surface area contributed by atoms with Crippen molar-refractivity contribution >= 4 is 11.9 Å². The Balaban J connectivity index is 4.51. The normalized spacial score (nSPS) is 13.6. The van der Waals surface area contributed by atoms with Crippen LogP contribution in [0.15, 0.2) is 48.6 Å². The SMILES string of the molecule is CC/C=C/C=C/C=C\C=C/CCCCCC(=O)OC(CCCCCCCCCCCCC)CC(=O)NC(CO)C(O)CCCCCCCCCCCCCCCCCCC. The van der Waals surface area contributed by atoms with Crippen LogP contribution in [0.4, 0.5) is 0 Å². The van der Waals surface area contributed by atoms with Crippen LogP contribution in [0.3, 0.4) is 0 Å². The van der Waals surface area contributed by atoms with Gasteiger partial charge in [0.05, 0.1) is 25.2 Å². The number of hydrogen-bond acceptors (Lipinski definition) is 5. The molecule has 6 nitrogen and oxygen atoms in total. The second kappa shape index (κ2) is 47.9. The molecule has 0 aliphatic rings. The van der Waals surface area contributed by atoms with Gasteiger partial charge in [0, 0.05) is 6.42 Å². The van der Waals surface area contributed by atoms with Gasteiger partial charge in [-0.15, -0.1) is 0 Å². The van der Waals surface area contributed by atoms with E-state index < -0.39 is 18.2 Å². The lowest BCUT2D eigenvalue weighted by atomic mass is 10.0. The van der Waals surface area contributed by atoms with Crippen molar-refractivity contribution < 1.29 is 24.5 Å². The van der Waals surface area contributed by atoms with Crippen molar-refractivity contribution in [3.8, 4) is 0 Å². The maximum atomic E-state index is 13.2. The van der Waals surface area contributed by atoms with Crippen LogP contribution in [0, 0.1) is 0 Å². The molecule has 60 heavy (non-hydrogen) atoms. The topological polar surface area (TPSA) is 95.9 Å². The van der Waals surface area contributed by atoms with Crippen molar-refractivity contribution in [3.63, 3.8) is 0 Å². The Labute approximate surface area is 372 Å². The lowest BCUT2D eigenvalue weighted by Gasteiger charge is -2.24. The van der Waals surface area contributed by atoms with Gasteiger partial charge in [0.1, 0.15) is 6.10 Å². The molecule has 6 heteroatoms. The van der Waals surface area contributed by atoms with Gasteiger partial charge in [0.15, 0.2) is 0 Å². The minimum Gasteiger partial charge on any atom is -0.462 e. The molecule has 0 saturated carbocycles. The molecular weight excluding hydrogens is 743 g/mol. The second-order valence-corrected chi connectivity index (χ2v) is 17.6. The molecule has 0 aliphatic carbocycles. The highest BCUT2D eigenvalue weighted by molar-refractivity contribution is 5.77. The fourth-order valence-corrected chi connectivity index (χ4v) is 7.85. The van der Waals surface area contributed by atoms with E-state index >= 15 is 0 Å². The molecule has 1 amide bonds. The van der Waals surface area contributed by atoms with E-state index in [-0.39, 0.29) is 24.9 Å². The number of aliphatic hydroxyl groups is 2. The van der Waals surface area contributed by atoms with Gasteiger partial charge in [-0.05, 0) is 44.9 Å². The van der Waals surface area contributed by atoms with Crippen LogP contribution in [0.5, 0.6) is 0 Å². The van der Waals surface area contributed by atoms with Gasteiger partial charge in [-0.2, -0.15) is 0 Å². The minimum absolute atomic E-state index is 0.0637. The Hall–Kier alpha value is -2.18. The number of esters is 1. The number of carbonyl (C=O) groups excluding carboxylic acids is 2. The predicted octanol–water partition coefficient (Wildman–Crippen LogP) is 15.5. The summed E-state index contributed by atoms with van der Waals surface area (Å²) in [5.41, 5.74) is 0. The van der Waals surface area contributed by atoms with Crippen LogP contribution < -0.4 is 5.32 Å². The lowest BCUT2D eigenvalue weighted by molar-refractivity contribution is -0.151. The van der Waals surface area contributed by atoms with E-state index in [0.717, 1.165) is 70.6 Å². The smallest absolute Gasteiger partial charge is 0.306 e. The van der Waals surface area contributed by atoms with Gasteiger partial charge in [0.2, 0.25) is 5.91 Å². The molecule has 0 heterocycles. The number of amides is 1. The lowest BCUT2D eigenvalue weighted by Crippen LogP contribution is -2.46. The van der Waals surface area contributed by atoms with Crippen LogP contribution in [-0.4, -0.2) is 46.9 Å². The molecule has 0 bridgehead atoms. The van der Waals surface area contributed by atoms with Crippen molar-refractivity contribution in [2.75, 3.05) is 6.61 Å². The highest BCUT2D eigenvalue weighted by Gasteiger charge is 2.24. The summed E-state index contributed by atoms with van der Waals surface area (Å²) in [6, 6.07) is -0.708. The van der Waals surface area contributed by atoms with Gasteiger partial charge in [-0.3, -0.25) is 9.59 Å². The maximum absolute atomic E-state index is 13.2.